The number of fused-ring (bicyclic) bond motifs is 1. The number of carbonyl (C=O) groups is 1. The first kappa shape index (κ1) is 16.8. The van der Waals surface area contributed by atoms with Crippen molar-refractivity contribution in [1.82, 2.24) is 25.4 Å². The van der Waals surface area contributed by atoms with Crippen LogP contribution in [-0.2, 0) is 18.3 Å². The number of rotatable bonds is 5. The van der Waals surface area contributed by atoms with Crippen molar-refractivity contribution in [2.75, 3.05) is 19.6 Å². The molecule has 0 aliphatic carbocycles. The molecule has 3 heterocycles. The fraction of sp³-hybridized carbons (Fsp3) is 0.368. The van der Waals surface area contributed by atoms with Crippen LogP contribution in [0.4, 0.5) is 4.39 Å². The molecule has 1 aliphatic rings. The predicted molar refractivity (Wildman–Crippen MR) is 97.3 cm³/mol. The van der Waals surface area contributed by atoms with Crippen LogP contribution in [0.2, 0.25) is 0 Å². The number of H-pyrrole nitrogens is 1. The van der Waals surface area contributed by atoms with Crippen molar-refractivity contribution < 1.29 is 9.18 Å². The van der Waals surface area contributed by atoms with Crippen molar-refractivity contribution in [3.8, 4) is 0 Å². The highest BCUT2D eigenvalue weighted by atomic mass is 19.1. The van der Waals surface area contributed by atoms with Crippen LogP contribution in [0.25, 0.3) is 10.9 Å². The number of aryl methyl sites for hydroxylation is 1. The monoisotopic (exact) mass is 355 g/mol. The number of hydrogen-bond donors (Lipinski definition) is 3. The first-order valence-corrected chi connectivity index (χ1v) is 8.84. The zero-order valence-corrected chi connectivity index (χ0v) is 14.6. The van der Waals surface area contributed by atoms with Gasteiger partial charge in [0.2, 0.25) is 5.91 Å². The number of carbonyl (C=O) groups excluding carboxylic acids is 1. The fourth-order valence-corrected chi connectivity index (χ4v) is 3.75. The van der Waals surface area contributed by atoms with Gasteiger partial charge in [-0.1, -0.05) is 0 Å². The second kappa shape index (κ2) is 6.92. The minimum atomic E-state index is -0.255. The molecule has 3 N–H and O–H groups in total. The summed E-state index contributed by atoms with van der Waals surface area (Å²) in [5.41, 5.74) is 2.95. The first-order chi connectivity index (χ1) is 12.6. The molecule has 6 nitrogen and oxygen atoms in total. The van der Waals surface area contributed by atoms with Gasteiger partial charge in [0.15, 0.2) is 0 Å². The van der Waals surface area contributed by atoms with E-state index < -0.39 is 0 Å². The van der Waals surface area contributed by atoms with E-state index in [9.17, 15) is 9.18 Å². The van der Waals surface area contributed by atoms with Crippen molar-refractivity contribution in [2.24, 2.45) is 13.0 Å². The smallest absolute Gasteiger partial charge is 0.225 e. The maximum atomic E-state index is 13.3. The van der Waals surface area contributed by atoms with E-state index in [0.717, 1.165) is 28.6 Å². The molecular weight excluding hydrogens is 333 g/mol. The summed E-state index contributed by atoms with van der Waals surface area (Å²) >= 11 is 0. The second-order valence-electron chi connectivity index (χ2n) is 6.86. The highest BCUT2D eigenvalue weighted by Crippen LogP contribution is 2.28. The van der Waals surface area contributed by atoms with Crippen molar-refractivity contribution in [3.05, 3.63) is 53.7 Å². The normalized spacial score (nSPS) is 19.9. The Hall–Kier alpha value is -2.67. The van der Waals surface area contributed by atoms with Crippen molar-refractivity contribution in [3.63, 3.8) is 0 Å². The van der Waals surface area contributed by atoms with Crippen LogP contribution in [-0.4, -0.2) is 40.3 Å². The molecule has 1 saturated heterocycles. The van der Waals surface area contributed by atoms with Crippen LogP contribution in [0.15, 0.2) is 36.8 Å². The highest BCUT2D eigenvalue weighted by molar-refractivity contribution is 5.83. The molecule has 0 spiro atoms. The van der Waals surface area contributed by atoms with E-state index in [2.05, 4.69) is 20.7 Å². The van der Waals surface area contributed by atoms with E-state index in [4.69, 9.17) is 0 Å². The van der Waals surface area contributed by atoms with Gasteiger partial charge in [-0.2, -0.15) is 5.10 Å². The number of amides is 1. The fourth-order valence-electron chi connectivity index (χ4n) is 3.75. The molecule has 0 radical (unpaired) electrons. The third kappa shape index (κ3) is 3.22. The molecular formula is C19H22FN5O. The van der Waals surface area contributed by atoms with Crippen molar-refractivity contribution in [1.29, 1.82) is 0 Å². The van der Waals surface area contributed by atoms with E-state index in [1.165, 1.54) is 12.1 Å². The Kier molecular flexibility index (Phi) is 4.46. The standard InChI is InChI=1S/C19H22FN5O/c1-25-11-13(8-24-25)16-9-21-10-17(16)19(26)22-5-4-12-7-23-18-6-14(20)2-3-15(12)18/h2-3,6-8,11,16-17,21,23H,4-5,9-10H2,1H3,(H,22,26)/t16-,17+/m1/s1. The van der Waals surface area contributed by atoms with Crippen LogP contribution in [0.3, 0.4) is 0 Å². The van der Waals surface area contributed by atoms with Gasteiger partial charge in [0.05, 0.1) is 12.1 Å². The molecule has 2 aromatic heterocycles. The number of benzene rings is 1. The van der Waals surface area contributed by atoms with Gasteiger partial charge in [-0.15, -0.1) is 0 Å². The van der Waals surface area contributed by atoms with E-state index in [0.29, 0.717) is 19.5 Å². The lowest BCUT2D eigenvalue weighted by Crippen LogP contribution is -2.35. The lowest BCUT2D eigenvalue weighted by Gasteiger charge is -2.17. The van der Waals surface area contributed by atoms with Gasteiger partial charge in [-0.3, -0.25) is 9.48 Å². The van der Waals surface area contributed by atoms with Crippen LogP contribution in [0.1, 0.15) is 17.0 Å². The average molecular weight is 355 g/mol. The summed E-state index contributed by atoms with van der Waals surface area (Å²) < 4.78 is 15.0. The first-order valence-electron chi connectivity index (χ1n) is 8.84. The Morgan fingerprint density at radius 2 is 2.31 bits per heavy atom. The molecule has 0 unspecified atom stereocenters. The number of halogens is 1. The van der Waals surface area contributed by atoms with E-state index in [-0.39, 0.29) is 23.6 Å². The lowest BCUT2D eigenvalue weighted by atomic mass is 9.90. The molecule has 4 rings (SSSR count). The maximum Gasteiger partial charge on any atom is 0.225 e. The van der Waals surface area contributed by atoms with Gasteiger partial charge in [0.1, 0.15) is 5.82 Å². The van der Waals surface area contributed by atoms with Crippen LogP contribution in [0.5, 0.6) is 0 Å². The van der Waals surface area contributed by atoms with E-state index in [1.807, 2.05) is 25.6 Å². The Bertz CT molecular complexity index is 931. The summed E-state index contributed by atoms with van der Waals surface area (Å²) in [6.07, 6.45) is 6.40. The SMILES string of the molecule is Cn1cc([C@H]2CNC[C@@H]2C(=O)NCCc2c[nH]c3cc(F)ccc23)cn1. The lowest BCUT2D eigenvalue weighted by molar-refractivity contribution is -0.124. The number of aromatic nitrogens is 3. The van der Waals surface area contributed by atoms with Gasteiger partial charge in [-0.05, 0) is 35.7 Å². The summed E-state index contributed by atoms with van der Waals surface area (Å²) in [6, 6.07) is 4.72. The molecule has 7 heteroatoms. The number of aromatic amines is 1. The Morgan fingerprint density at radius 3 is 3.12 bits per heavy atom. The second-order valence-corrected chi connectivity index (χ2v) is 6.86. The quantitative estimate of drug-likeness (QED) is 0.652. The topological polar surface area (TPSA) is 74.7 Å². The maximum absolute atomic E-state index is 13.3. The number of nitrogens with one attached hydrogen (secondary N) is 3. The molecule has 1 fully saturated rings. The summed E-state index contributed by atoms with van der Waals surface area (Å²) in [6.45, 7) is 2.02. The third-order valence-electron chi connectivity index (χ3n) is 5.13. The van der Waals surface area contributed by atoms with Crippen LogP contribution < -0.4 is 10.6 Å². The Morgan fingerprint density at radius 1 is 1.42 bits per heavy atom. The molecule has 0 saturated carbocycles. The Balaban J connectivity index is 1.37. The minimum absolute atomic E-state index is 0.0646. The summed E-state index contributed by atoms with van der Waals surface area (Å²) in [5.74, 6) is -0.125. The van der Waals surface area contributed by atoms with Crippen LogP contribution in [0, 0.1) is 11.7 Å². The Labute approximate surface area is 150 Å². The zero-order valence-electron chi connectivity index (χ0n) is 14.6. The molecule has 2 atom stereocenters. The average Bonchev–Trinajstić information content (AvgIpc) is 3.33. The van der Waals surface area contributed by atoms with Gasteiger partial charge in [0, 0.05) is 55.9 Å². The molecule has 1 aliphatic heterocycles. The largest absolute Gasteiger partial charge is 0.361 e. The molecule has 0 bridgehead atoms. The summed E-state index contributed by atoms with van der Waals surface area (Å²) in [4.78, 5) is 15.7. The third-order valence-corrected chi connectivity index (χ3v) is 5.13. The van der Waals surface area contributed by atoms with Gasteiger partial charge in [0.25, 0.3) is 0 Å². The number of hydrogen-bond acceptors (Lipinski definition) is 3. The van der Waals surface area contributed by atoms with Gasteiger partial charge in [-0.25, -0.2) is 4.39 Å². The zero-order chi connectivity index (χ0) is 18.1. The van der Waals surface area contributed by atoms with Crippen molar-refractivity contribution in [2.45, 2.75) is 12.3 Å². The van der Waals surface area contributed by atoms with Crippen LogP contribution >= 0.6 is 0 Å². The number of nitrogens with zero attached hydrogens (tertiary/aromatic N) is 2. The molecule has 1 aromatic carbocycles. The minimum Gasteiger partial charge on any atom is -0.361 e. The molecule has 136 valence electrons. The predicted octanol–water partition coefficient (Wildman–Crippen LogP) is 1.70. The molecule has 3 aromatic rings. The van der Waals surface area contributed by atoms with Gasteiger partial charge < -0.3 is 15.6 Å². The summed E-state index contributed by atoms with van der Waals surface area (Å²) in [5, 5.41) is 11.6. The van der Waals surface area contributed by atoms with Gasteiger partial charge >= 0.3 is 0 Å². The van der Waals surface area contributed by atoms with Crippen molar-refractivity contribution >= 4 is 16.8 Å². The highest BCUT2D eigenvalue weighted by Gasteiger charge is 2.34. The summed E-state index contributed by atoms with van der Waals surface area (Å²) in [7, 11) is 1.88. The van der Waals surface area contributed by atoms with E-state index >= 15 is 0 Å². The van der Waals surface area contributed by atoms with E-state index in [1.54, 1.807) is 10.7 Å². The molecule has 1 amide bonds. The molecule has 26 heavy (non-hydrogen) atoms.